The zero-order valence-electron chi connectivity index (χ0n) is 13.2. The molecule has 1 atom stereocenters. The fraction of sp³-hybridized carbons (Fsp3) is 0.529. The van der Waals surface area contributed by atoms with E-state index >= 15 is 0 Å². The van der Waals surface area contributed by atoms with Crippen LogP contribution in [0.15, 0.2) is 24.3 Å². The molecule has 0 aromatic heterocycles. The molecule has 5 nitrogen and oxygen atoms in total. The number of nitrogens with one attached hydrogen (secondary N) is 3. The molecule has 0 radical (unpaired) electrons. The van der Waals surface area contributed by atoms with Crippen LogP contribution >= 0.6 is 0 Å². The molecule has 0 bridgehead atoms. The fourth-order valence-electron chi connectivity index (χ4n) is 2.66. The minimum atomic E-state index is -0.0727. The Morgan fingerprint density at radius 1 is 1.18 bits per heavy atom. The molecule has 1 aromatic rings. The van der Waals surface area contributed by atoms with Crippen molar-refractivity contribution in [3.8, 4) is 0 Å². The minimum absolute atomic E-state index is 0.0573. The van der Waals surface area contributed by atoms with Gasteiger partial charge in [0.05, 0.1) is 0 Å². The lowest BCUT2D eigenvalue weighted by Gasteiger charge is -2.27. The molecule has 0 fully saturated rings. The highest BCUT2D eigenvalue weighted by atomic mass is 16.2. The Kier molecular flexibility index (Phi) is 6.40. The molecule has 1 aliphatic heterocycles. The topological polar surface area (TPSA) is 70.2 Å². The van der Waals surface area contributed by atoms with Gasteiger partial charge in [-0.25, -0.2) is 0 Å². The molecule has 2 rings (SSSR count). The largest absolute Gasteiger partial charge is 0.356 e. The summed E-state index contributed by atoms with van der Waals surface area (Å²) in [5.41, 5.74) is 2.61. The van der Waals surface area contributed by atoms with Gasteiger partial charge in [-0.05, 0) is 30.5 Å². The van der Waals surface area contributed by atoms with Gasteiger partial charge in [-0.3, -0.25) is 9.59 Å². The van der Waals surface area contributed by atoms with Gasteiger partial charge in [0.25, 0.3) is 0 Å². The summed E-state index contributed by atoms with van der Waals surface area (Å²) in [6.45, 7) is 4.16. The minimum Gasteiger partial charge on any atom is -0.356 e. The van der Waals surface area contributed by atoms with Gasteiger partial charge >= 0.3 is 0 Å². The van der Waals surface area contributed by atoms with Crippen LogP contribution in [0.1, 0.15) is 43.4 Å². The van der Waals surface area contributed by atoms with E-state index in [-0.39, 0.29) is 30.7 Å². The number of benzene rings is 1. The van der Waals surface area contributed by atoms with Gasteiger partial charge in [0.1, 0.15) is 0 Å². The van der Waals surface area contributed by atoms with Crippen LogP contribution in [0, 0.1) is 0 Å². The van der Waals surface area contributed by atoms with E-state index in [2.05, 4.69) is 34.1 Å². The second-order valence-corrected chi connectivity index (χ2v) is 5.61. The average molecular weight is 303 g/mol. The van der Waals surface area contributed by atoms with Gasteiger partial charge in [-0.1, -0.05) is 31.2 Å². The molecule has 2 amide bonds. The van der Waals surface area contributed by atoms with Crippen molar-refractivity contribution in [3.63, 3.8) is 0 Å². The molecule has 0 aliphatic carbocycles. The number of amides is 2. The maximum Gasteiger partial charge on any atom is 0.220 e. The van der Waals surface area contributed by atoms with E-state index in [4.69, 9.17) is 0 Å². The Balaban J connectivity index is 1.74. The summed E-state index contributed by atoms with van der Waals surface area (Å²) in [6.07, 6.45) is 2.42. The lowest BCUT2D eigenvalue weighted by Crippen LogP contribution is -2.39. The maximum absolute atomic E-state index is 11.9. The lowest BCUT2D eigenvalue weighted by atomic mass is 9.94. The zero-order chi connectivity index (χ0) is 15.8. The number of rotatable bonds is 7. The summed E-state index contributed by atoms with van der Waals surface area (Å²) < 4.78 is 0. The Morgan fingerprint density at radius 2 is 1.91 bits per heavy atom. The quantitative estimate of drug-likeness (QED) is 0.711. The molecule has 0 spiro atoms. The van der Waals surface area contributed by atoms with Crippen molar-refractivity contribution in [3.05, 3.63) is 35.4 Å². The Bertz CT molecular complexity index is 516. The second-order valence-electron chi connectivity index (χ2n) is 5.61. The molecule has 5 heteroatoms. The monoisotopic (exact) mass is 303 g/mol. The second kappa shape index (κ2) is 8.54. The summed E-state index contributed by atoms with van der Waals surface area (Å²) in [5.74, 6) is -0.130. The van der Waals surface area contributed by atoms with Crippen molar-refractivity contribution in [2.24, 2.45) is 0 Å². The maximum atomic E-state index is 11.9. The molecule has 3 N–H and O–H groups in total. The van der Waals surface area contributed by atoms with Crippen molar-refractivity contribution in [2.45, 2.75) is 38.6 Å². The van der Waals surface area contributed by atoms with Crippen LogP contribution in [0.25, 0.3) is 0 Å². The first-order valence-corrected chi connectivity index (χ1v) is 8.05. The SMILES string of the molecule is CCCNC(=O)CCC(=O)NCC1NCCc2ccccc21. The van der Waals surface area contributed by atoms with Crippen molar-refractivity contribution < 1.29 is 9.59 Å². The van der Waals surface area contributed by atoms with Crippen LogP contribution in [0.4, 0.5) is 0 Å². The molecule has 1 unspecified atom stereocenters. The Labute approximate surface area is 131 Å². The smallest absolute Gasteiger partial charge is 0.220 e. The molecule has 1 heterocycles. The third-order valence-electron chi connectivity index (χ3n) is 3.87. The van der Waals surface area contributed by atoms with Crippen molar-refractivity contribution in [2.75, 3.05) is 19.6 Å². The standard InChI is InChI=1S/C17H25N3O2/c1-2-10-19-16(21)7-8-17(22)20-12-15-14-6-4-3-5-13(14)9-11-18-15/h3-6,15,18H,2,7-12H2,1H3,(H,19,21)(H,20,22). The molecule has 1 aromatic carbocycles. The van der Waals surface area contributed by atoms with Gasteiger partial charge < -0.3 is 16.0 Å². The molecular formula is C17H25N3O2. The highest BCUT2D eigenvalue weighted by Gasteiger charge is 2.19. The van der Waals surface area contributed by atoms with E-state index in [0.717, 1.165) is 19.4 Å². The van der Waals surface area contributed by atoms with Crippen molar-refractivity contribution >= 4 is 11.8 Å². The van der Waals surface area contributed by atoms with E-state index in [1.54, 1.807) is 0 Å². The number of carbonyl (C=O) groups excluding carboxylic acids is 2. The summed E-state index contributed by atoms with van der Waals surface area (Å²) in [5, 5.41) is 9.13. The lowest BCUT2D eigenvalue weighted by molar-refractivity contribution is -0.126. The third-order valence-corrected chi connectivity index (χ3v) is 3.87. The normalized spacial score (nSPS) is 16.7. The molecule has 0 saturated carbocycles. The molecular weight excluding hydrogens is 278 g/mol. The molecule has 0 saturated heterocycles. The van der Waals surface area contributed by atoms with E-state index in [1.165, 1.54) is 11.1 Å². The van der Waals surface area contributed by atoms with Crippen LogP contribution in [0.5, 0.6) is 0 Å². The fourth-order valence-corrected chi connectivity index (χ4v) is 2.66. The first-order chi connectivity index (χ1) is 10.7. The highest BCUT2D eigenvalue weighted by molar-refractivity contribution is 5.83. The number of hydrogen-bond acceptors (Lipinski definition) is 3. The predicted molar refractivity (Wildman–Crippen MR) is 86.4 cm³/mol. The van der Waals surface area contributed by atoms with Crippen LogP contribution in [-0.4, -0.2) is 31.4 Å². The van der Waals surface area contributed by atoms with Crippen molar-refractivity contribution in [1.29, 1.82) is 0 Å². The predicted octanol–water partition coefficient (Wildman–Crippen LogP) is 1.30. The van der Waals surface area contributed by atoms with E-state index in [1.807, 2.05) is 13.0 Å². The first kappa shape index (κ1) is 16.5. The number of carbonyl (C=O) groups is 2. The summed E-state index contributed by atoms with van der Waals surface area (Å²) in [6, 6.07) is 8.48. The molecule has 22 heavy (non-hydrogen) atoms. The van der Waals surface area contributed by atoms with Gasteiger partial charge in [0, 0.05) is 32.0 Å². The van der Waals surface area contributed by atoms with Crippen LogP contribution in [0.3, 0.4) is 0 Å². The highest BCUT2D eigenvalue weighted by Crippen LogP contribution is 2.21. The Hall–Kier alpha value is -1.88. The summed E-state index contributed by atoms with van der Waals surface area (Å²) in [7, 11) is 0. The summed E-state index contributed by atoms with van der Waals surface area (Å²) >= 11 is 0. The number of fused-ring (bicyclic) bond motifs is 1. The van der Waals surface area contributed by atoms with E-state index in [0.29, 0.717) is 13.1 Å². The van der Waals surface area contributed by atoms with Crippen LogP contribution in [0.2, 0.25) is 0 Å². The molecule has 120 valence electrons. The van der Waals surface area contributed by atoms with Gasteiger partial charge in [0.2, 0.25) is 11.8 Å². The average Bonchev–Trinajstić information content (AvgIpc) is 2.56. The third kappa shape index (κ3) is 4.84. The van der Waals surface area contributed by atoms with Gasteiger partial charge in [-0.15, -0.1) is 0 Å². The zero-order valence-corrected chi connectivity index (χ0v) is 13.2. The van der Waals surface area contributed by atoms with E-state index < -0.39 is 0 Å². The Morgan fingerprint density at radius 3 is 2.68 bits per heavy atom. The van der Waals surface area contributed by atoms with Gasteiger partial charge in [-0.2, -0.15) is 0 Å². The summed E-state index contributed by atoms with van der Waals surface area (Å²) in [4.78, 5) is 23.3. The number of hydrogen-bond donors (Lipinski definition) is 3. The van der Waals surface area contributed by atoms with E-state index in [9.17, 15) is 9.59 Å². The molecule has 1 aliphatic rings. The first-order valence-electron chi connectivity index (χ1n) is 8.05. The van der Waals surface area contributed by atoms with Crippen molar-refractivity contribution in [1.82, 2.24) is 16.0 Å². The van der Waals surface area contributed by atoms with Gasteiger partial charge in [0.15, 0.2) is 0 Å². The van der Waals surface area contributed by atoms with Crippen LogP contribution in [-0.2, 0) is 16.0 Å². The van der Waals surface area contributed by atoms with Crippen LogP contribution < -0.4 is 16.0 Å².